The molecule has 1 amide bonds. The Morgan fingerprint density at radius 2 is 2.03 bits per heavy atom. The lowest BCUT2D eigenvalue weighted by atomic mass is 9.81. The summed E-state index contributed by atoms with van der Waals surface area (Å²) in [5.74, 6) is 0.388. The van der Waals surface area contributed by atoms with E-state index in [9.17, 15) is 18.7 Å². The number of carbonyl (C=O) groups is 1. The van der Waals surface area contributed by atoms with Crippen molar-refractivity contribution in [3.05, 3.63) is 6.07 Å². The van der Waals surface area contributed by atoms with Crippen LogP contribution in [0.25, 0.3) is 0 Å². The summed E-state index contributed by atoms with van der Waals surface area (Å²) in [6.45, 7) is 0.0291. The predicted molar refractivity (Wildman–Crippen MR) is 113 cm³/mol. The molecule has 2 bridgehead atoms. The molecule has 3 aliphatic rings. The first-order valence-electron chi connectivity index (χ1n) is 11.0. The van der Waals surface area contributed by atoms with Crippen molar-refractivity contribution in [2.45, 2.75) is 75.3 Å². The van der Waals surface area contributed by atoms with Crippen molar-refractivity contribution < 1.29 is 23.4 Å². The van der Waals surface area contributed by atoms with Crippen LogP contribution in [-0.2, 0) is 4.79 Å². The number of aromatic nitrogens is 2. The minimum atomic E-state index is -2.97. The number of carbonyl (C=O) groups excluding carboxylic acids is 1. The molecule has 4 heterocycles. The van der Waals surface area contributed by atoms with E-state index in [1.54, 1.807) is 6.07 Å². The Labute approximate surface area is 185 Å². The first kappa shape index (κ1) is 22.9. The summed E-state index contributed by atoms with van der Waals surface area (Å²) in [6, 6.07) is 1.30. The molecule has 3 saturated heterocycles. The maximum atomic E-state index is 13.1. The molecule has 0 aliphatic carbocycles. The Kier molecular flexibility index (Phi) is 6.91. The summed E-state index contributed by atoms with van der Waals surface area (Å²) >= 11 is 0. The van der Waals surface area contributed by atoms with Gasteiger partial charge in [0.15, 0.2) is 0 Å². The van der Waals surface area contributed by atoms with Crippen LogP contribution >= 0.6 is 0 Å². The van der Waals surface area contributed by atoms with Crippen molar-refractivity contribution in [2.75, 3.05) is 31.0 Å². The monoisotopic (exact) mass is 455 g/mol. The van der Waals surface area contributed by atoms with E-state index in [1.165, 1.54) is 12.0 Å². The van der Waals surface area contributed by atoms with Gasteiger partial charge in [-0.05, 0) is 32.1 Å². The molecule has 3 fully saturated rings. The number of piperidine rings is 2. The number of methoxy groups -OCH3 is 1. The van der Waals surface area contributed by atoms with E-state index in [0.717, 1.165) is 19.3 Å². The molecule has 178 valence electrons. The molecule has 3 aliphatic heterocycles. The highest BCUT2D eigenvalue weighted by atomic mass is 19.3. The van der Waals surface area contributed by atoms with Crippen molar-refractivity contribution in [1.29, 1.82) is 0 Å². The maximum Gasteiger partial charge on any atom is 0.315 e. The average Bonchev–Trinajstić information content (AvgIpc) is 3.24. The lowest BCUT2D eigenvalue weighted by Crippen LogP contribution is -2.59. The van der Waals surface area contributed by atoms with E-state index in [0.29, 0.717) is 36.9 Å². The maximum absolute atomic E-state index is 13.1. The normalized spacial score (nSPS) is 29.8. The molecule has 5 atom stereocenters. The smallest absolute Gasteiger partial charge is 0.315 e. The van der Waals surface area contributed by atoms with Crippen LogP contribution in [0.1, 0.15) is 38.5 Å². The number of hydrogen-bond acceptors (Lipinski definition) is 9. The third-order valence-electron chi connectivity index (χ3n) is 6.68. The second-order valence-electron chi connectivity index (χ2n) is 8.72. The van der Waals surface area contributed by atoms with Crippen molar-refractivity contribution >= 4 is 17.7 Å². The molecular weight excluding hydrogens is 424 g/mol. The summed E-state index contributed by atoms with van der Waals surface area (Å²) in [4.78, 5) is 24.6. The number of amides is 1. The van der Waals surface area contributed by atoms with Gasteiger partial charge in [-0.3, -0.25) is 10.2 Å². The molecule has 10 nitrogen and oxygen atoms in total. The Morgan fingerprint density at radius 1 is 1.31 bits per heavy atom. The lowest BCUT2D eigenvalue weighted by Gasteiger charge is -2.50. The van der Waals surface area contributed by atoms with E-state index in [2.05, 4.69) is 26.1 Å². The van der Waals surface area contributed by atoms with E-state index >= 15 is 0 Å². The van der Waals surface area contributed by atoms with Gasteiger partial charge in [0.05, 0.1) is 19.9 Å². The van der Waals surface area contributed by atoms with Gasteiger partial charge in [0.2, 0.25) is 11.8 Å². The number of nitrogens with one attached hydrogen (secondary N) is 3. The quantitative estimate of drug-likeness (QED) is 0.472. The van der Waals surface area contributed by atoms with Crippen LogP contribution in [0.4, 0.5) is 20.5 Å². The Bertz CT molecular complexity index is 803. The van der Waals surface area contributed by atoms with Gasteiger partial charge in [0.25, 0.3) is 5.91 Å². The average molecular weight is 456 g/mol. The molecule has 4 N–H and O–H groups in total. The van der Waals surface area contributed by atoms with Gasteiger partial charge in [-0.15, -0.1) is 0 Å². The van der Waals surface area contributed by atoms with Gasteiger partial charge in [0, 0.05) is 43.7 Å². The van der Waals surface area contributed by atoms with Crippen LogP contribution < -0.4 is 25.8 Å². The molecule has 0 aromatic carbocycles. The molecule has 0 radical (unpaired) electrons. The fourth-order valence-corrected chi connectivity index (χ4v) is 5.07. The fourth-order valence-electron chi connectivity index (χ4n) is 5.07. The van der Waals surface area contributed by atoms with Gasteiger partial charge in [0.1, 0.15) is 5.82 Å². The molecule has 0 saturated carbocycles. The number of hydrazine groups is 1. The van der Waals surface area contributed by atoms with Crippen molar-refractivity contribution in [2.24, 2.45) is 0 Å². The highest BCUT2D eigenvalue weighted by Gasteiger charge is 2.44. The largest absolute Gasteiger partial charge is 0.481 e. The van der Waals surface area contributed by atoms with E-state index in [4.69, 9.17) is 4.74 Å². The Hall–Kier alpha value is -2.31. The van der Waals surface area contributed by atoms with Crippen molar-refractivity contribution in [1.82, 2.24) is 25.7 Å². The number of hydrogen-bond donors (Lipinski definition) is 4. The Morgan fingerprint density at radius 3 is 2.62 bits per heavy atom. The van der Waals surface area contributed by atoms with Crippen LogP contribution in [0.3, 0.4) is 0 Å². The van der Waals surface area contributed by atoms with Crippen molar-refractivity contribution in [3.8, 4) is 5.88 Å². The zero-order valence-electron chi connectivity index (χ0n) is 18.3. The molecule has 4 rings (SSSR count). The van der Waals surface area contributed by atoms with Crippen LogP contribution in [0.2, 0.25) is 0 Å². The number of aliphatic hydroxyl groups excluding tert-OH is 1. The molecule has 12 heteroatoms. The van der Waals surface area contributed by atoms with Gasteiger partial charge in [-0.1, -0.05) is 0 Å². The SMILES string of the molecule is COc1cc(NC2CC(CO)NN2)nc(N(C)C2C[C@H]3CCC[C@@H](C2)N3C(=O)C(F)F)n1. The second kappa shape index (κ2) is 9.67. The zero-order chi connectivity index (χ0) is 22.8. The van der Waals surface area contributed by atoms with Gasteiger partial charge in [-0.2, -0.15) is 18.7 Å². The molecule has 1 aromatic heterocycles. The third-order valence-corrected chi connectivity index (χ3v) is 6.68. The number of rotatable bonds is 7. The number of halogens is 2. The van der Waals surface area contributed by atoms with Gasteiger partial charge >= 0.3 is 6.43 Å². The standard InChI is InChI=1S/C20H31F2N7O3/c1-28(14-7-12-4-3-5-13(8-14)29(12)19(31)18(21)22)20-24-15(9-17(25-20)32-2)23-16-6-11(10-30)26-27-16/h9,11-14,16,18,26-27,30H,3-8,10H2,1-2H3,(H,23,24,25)/t11?,12-,13+,14?,16?. The minimum Gasteiger partial charge on any atom is -0.481 e. The predicted octanol–water partition coefficient (Wildman–Crippen LogP) is 0.695. The number of alkyl halides is 2. The summed E-state index contributed by atoms with van der Waals surface area (Å²) in [5, 5.41) is 12.6. The van der Waals surface area contributed by atoms with Crippen LogP contribution in [0, 0.1) is 0 Å². The topological polar surface area (TPSA) is 115 Å². The summed E-state index contributed by atoms with van der Waals surface area (Å²) in [6.07, 6.45) is 1.20. The molecule has 3 unspecified atom stereocenters. The fraction of sp³-hybridized carbons (Fsp3) is 0.750. The molecule has 1 aromatic rings. The first-order valence-corrected chi connectivity index (χ1v) is 11.0. The van der Waals surface area contributed by atoms with Crippen LogP contribution in [0.5, 0.6) is 5.88 Å². The highest BCUT2D eigenvalue weighted by Crippen LogP contribution is 2.37. The molecular formula is C20H31F2N7O3. The third kappa shape index (κ3) is 4.71. The molecule has 0 spiro atoms. The summed E-state index contributed by atoms with van der Waals surface area (Å²) in [7, 11) is 3.42. The lowest BCUT2D eigenvalue weighted by molar-refractivity contribution is -0.153. The van der Waals surface area contributed by atoms with E-state index < -0.39 is 12.3 Å². The van der Waals surface area contributed by atoms with Crippen LogP contribution in [-0.4, -0.2) is 83.4 Å². The summed E-state index contributed by atoms with van der Waals surface area (Å²) in [5.41, 5.74) is 6.08. The number of anilines is 2. The number of ether oxygens (including phenoxy) is 1. The second-order valence-corrected chi connectivity index (χ2v) is 8.72. The summed E-state index contributed by atoms with van der Waals surface area (Å²) < 4.78 is 31.6. The molecule has 32 heavy (non-hydrogen) atoms. The number of aliphatic hydroxyl groups is 1. The highest BCUT2D eigenvalue weighted by molar-refractivity contribution is 5.80. The van der Waals surface area contributed by atoms with E-state index in [1.807, 2.05) is 11.9 Å². The number of nitrogens with zero attached hydrogens (tertiary/aromatic N) is 4. The number of fused-ring (bicyclic) bond motifs is 2. The first-order chi connectivity index (χ1) is 15.4. The minimum absolute atomic E-state index is 0.0250. The van der Waals surface area contributed by atoms with Crippen LogP contribution in [0.15, 0.2) is 6.07 Å². The van der Waals surface area contributed by atoms with Gasteiger partial charge < -0.3 is 25.0 Å². The van der Waals surface area contributed by atoms with Gasteiger partial charge in [-0.25, -0.2) is 5.43 Å². The zero-order valence-corrected chi connectivity index (χ0v) is 18.3. The van der Waals surface area contributed by atoms with Crippen molar-refractivity contribution in [3.63, 3.8) is 0 Å². The Balaban J connectivity index is 1.49. The van der Waals surface area contributed by atoms with E-state index in [-0.39, 0.29) is 36.9 Å².